The van der Waals surface area contributed by atoms with Crippen LogP contribution in [0.15, 0.2) is 12.1 Å². The van der Waals surface area contributed by atoms with Gasteiger partial charge in [0, 0.05) is 12.1 Å². The molecular formula is C19H31N. The van der Waals surface area contributed by atoms with Gasteiger partial charge in [-0.3, -0.25) is 0 Å². The molecule has 1 saturated carbocycles. The van der Waals surface area contributed by atoms with E-state index < -0.39 is 0 Å². The Balaban J connectivity index is 2.04. The van der Waals surface area contributed by atoms with Gasteiger partial charge in [0.1, 0.15) is 0 Å². The summed E-state index contributed by atoms with van der Waals surface area (Å²) in [6.07, 6.45) is 5.34. The molecule has 1 heteroatoms. The zero-order valence-electron chi connectivity index (χ0n) is 14.1. The van der Waals surface area contributed by atoms with Crippen molar-refractivity contribution in [3.05, 3.63) is 34.4 Å². The first-order valence-corrected chi connectivity index (χ1v) is 8.12. The molecule has 1 fully saturated rings. The van der Waals surface area contributed by atoms with Gasteiger partial charge in [-0.2, -0.15) is 0 Å². The van der Waals surface area contributed by atoms with E-state index >= 15 is 0 Å². The van der Waals surface area contributed by atoms with E-state index in [9.17, 15) is 0 Å². The van der Waals surface area contributed by atoms with Crippen LogP contribution in [0.3, 0.4) is 0 Å². The van der Waals surface area contributed by atoms with Gasteiger partial charge in [-0.15, -0.1) is 0 Å². The predicted octanol–water partition coefficient (Wildman–Crippen LogP) is 5.23. The molecule has 0 spiro atoms. The Hall–Kier alpha value is -0.820. The van der Waals surface area contributed by atoms with E-state index in [0.29, 0.717) is 17.5 Å². The SMILES string of the molecule is Cc1cc(C)c(C(C)NC2CCC(C)(C)CC2)c(C)c1. The minimum Gasteiger partial charge on any atom is -0.307 e. The van der Waals surface area contributed by atoms with Crippen LogP contribution in [0.2, 0.25) is 0 Å². The number of hydrogen-bond donors (Lipinski definition) is 1. The molecule has 1 nitrogen and oxygen atoms in total. The molecule has 20 heavy (non-hydrogen) atoms. The molecule has 1 N–H and O–H groups in total. The molecule has 1 atom stereocenters. The summed E-state index contributed by atoms with van der Waals surface area (Å²) in [6, 6.07) is 5.77. The fourth-order valence-electron chi connectivity index (χ4n) is 3.88. The highest BCUT2D eigenvalue weighted by atomic mass is 14.9. The molecule has 0 aliphatic heterocycles. The number of hydrogen-bond acceptors (Lipinski definition) is 1. The van der Waals surface area contributed by atoms with Gasteiger partial charge in [0.25, 0.3) is 0 Å². The summed E-state index contributed by atoms with van der Waals surface area (Å²) in [5.74, 6) is 0. The largest absolute Gasteiger partial charge is 0.307 e. The van der Waals surface area contributed by atoms with Gasteiger partial charge in [0.05, 0.1) is 0 Å². The van der Waals surface area contributed by atoms with Crippen LogP contribution in [-0.4, -0.2) is 6.04 Å². The molecule has 0 radical (unpaired) electrons. The zero-order chi connectivity index (χ0) is 14.9. The Morgan fingerprint density at radius 3 is 2.05 bits per heavy atom. The Labute approximate surface area is 125 Å². The summed E-state index contributed by atoms with van der Waals surface area (Å²) in [5.41, 5.74) is 6.28. The van der Waals surface area contributed by atoms with Crippen molar-refractivity contribution >= 4 is 0 Å². The second kappa shape index (κ2) is 5.89. The summed E-state index contributed by atoms with van der Waals surface area (Å²) in [5, 5.41) is 3.87. The van der Waals surface area contributed by atoms with Crippen molar-refractivity contribution in [2.24, 2.45) is 5.41 Å². The lowest BCUT2D eigenvalue weighted by atomic mass is 9.75. The molecular weight excluding hydrogens is 242 g/mol. The highest BCUT2D eigenvalue weighted by Crippen LogP contribution is 2.36. The van der Waals surface area contributed by atoms with Crippen LogP contribution in [0.25, 0.3) is 0 Å². The minimum atomic E-state index is 0.460. The maximum atomic E-state index is 3.87. The Kier molecular flexibility index (Phi) is 4.59. The highest BCUT2D eigenvalue weighted by Gasteiger charge is 2.27. The van der Waals surface area contributed by atoms with E-state index in [-0.39, 0.29) is 0 Å². The van der Waals surface area contributed by atoms with E-state index in [2.05, 4.69) is 59.0 Å². The fraction of sp³-hybridized carbons (Fsp3) is 0.684. The van der Waals surface area contributed by atoms with Gasteiger partial charge < -0.3 is 5.32 Å². The molecule has 0 bridgehead atoms. The van der Waals surface area contributed by atoms with Gasteiger partial charge >= 0.3 is 0 Å². The van der Waals surface area contributed by atoms with Crippen LogP contribution >= 0.6 is 0 Å². The van der Waals surface area contributed by atoms with Gasteiger partial charge in [0.2, 0.25) is 0 Å². The highest BCUT2D eigenvalue weighted by molar-refractivity contribution is 5.39. The van der Waals surface area contributed by atoms with Crippen molar-refractivity contribution < 1.29 is 0 Å². The maximum Gasteiger partial charge on any atom is 0.0299 e. The molecule has 1 aliphatic carbocycles. The molecule has 1 aromatic rings. The van der Waals surface area contributed by atoms with Crippen LogP contribution < -0.4 is 5.32 Å². The quantitative estimate of drug-likeness (QED) is 0.795. The summed E-state index contributed by atoms with van der Waals surface area (Å²) in [4.78, 5) is 0. The molecule has 2 rings (SSSR count). The maximum absolute atomic E-state index is 3.87. The first-order chi connectivity index (χ1) is 9.28. The Morgan fingerprint density at radius 2 is 1.55 bits per heavy atom. The van der Waals surface area contributed by atoms with Crippen molar-refractivity contribution in [1.82, 2.24) is 5.32 Å². The summed E-state index contributed by atoms with van der Waals surface area (Å²) >= 11 is 0. The van der Waals surface area contributed by atoms with Crippen molar-refractivity contribution in [3.8, 4) is 0 Å². The van der Waals surface area contributed by atoms with Crippen molar-refractivity contribution in [3.63, 3.8) is 0 Å². The van der Waals surface area contributed by atoms with Gasteiger partial charge in [-0.1, -0.05) is 31.5 Å². The van der Waals surface area contributed by atoms with E-state index in [1.807, 2.05) is 0 Å². The van der Waals surface area contributed by atoms with Gasteiger partial charge in [-0.05, 0) is 75.5 Å². The lowest BCUT2D eigenvalue weighted by Gasteiger charge is -2.36. The second-order valence-corrected chi connectivity index (χ2v) is 7.64. The lowest BCUT2D eigenvalue weighted by molar-refractivity contribution is 0.199. The number of rotatable bonds is 3. The summed E-state index contributed by atoms with van der Waals surface area (Å²) in [6.45, 7) is 13.8. The molecule has 1 aromatic carbocycles. The molecule has 0 aromatic heterocycles. The number of benzene rings is 1. The third kappa shape index (κ3) is 3.63. The fourth-order valence-corrected chi connectivity index (χ4v) is 3.88. The number of aryl methyl sites for hydroxylation is 3. The second-order valence-electron chi connectivity index (χ2n) is 7.64. The third-order valence-corrected chi connectivity index (χ3v) is 5.00. The smallest absolute Gasteiger partial charge is 0.0299 e. The lowest BCUT2D eigenvalue weighted by Crippen LogP contribution is -2.37. The Morgan fingerprint density at radius 1 is 1.05 bits per heavy atom. The minimum absolute atomic E-state index is 0.460. The Bertz CT molecular complexity index is 440. The molecule has 0 amide bonds. The van der Waals surface area contributed by atoms with Crippen LogP contribution in [0.1, 0.15) is 74.8 Å². The van der Waals surface area contributed by atoms with E-state index in [1.165, 1.54) is 47.9 Å². The predicted molar refractivity (Wildman–Crippen MR) is 88.2 cm³/mol. The monoisotopic (exact) mass is 273 g/mol. The van der Waals surface area contributed by atoms with Crippen LogP contribution in [0.4, 0.5) is 0 Å². The standard InChI is InChI=1S/C19H31N/c1-13-11-14(2)18(15(3)12-13)16(4)20-17-7-9-19(5,6)10-8-17/h11-12,16-17,20H,7-10H2,1-6H3. The van der Waals surface area contributed by atoms with E-state index in [0.717, 1.165) is 0 Å². The first kappa shape index (κ1) is 15.6. The van der Waals surface area contributed by atoms with Crippen molar-refractivity contribution in [2.45, 2.75) is 79.3 Å². The average molecular weight is 273 g/mol. The molecule has 0 saturated heterocycles. The van der Waals surface area contributed by atoms with Crippen molar-refractivity contribution in [2.75, 3.05) is 0 Å². The van der Waals surface area contributed by atoms with Gasteiger partial charge in [-0.25, -0.2) is 0 Å². The molecule has 0 heterocycles. The van der Waals surface area contributed by atoms with E-state index in [1.54, 1.807) is 0 Å². The third-order valence-electron chi connectivity index (χ3n) is 5.00. The summed E-state index contributed by atoms with van der Waals surface area (Å²) in [7, 11) is 0. The normalized spacial score (nSPS) is 20.9. The van der Waals surface area contributed by atoms with Crippen LogP contribution in [0.5, 0.6) is 0 Å². The first-order valence-electron chi connectivity index (χ1n) is 8.12. The number of nitrogens with one attached hydrogen (secondary N) is 1. The molecule has 1 unspecified atom stereocenters. The molecule has 112 valence electrons. The topological polar surface area (TPSA) is 12.0 Å². The van der Waals surface area contributed by atoms with E-state index in [4.69, 9.17) is 0 Å². The molecule has 1 aliphatic rings. The van der Waals surface area contributed by atoms with Crippen molar-refractivity contribution in [1.29, 1.82) is 0 Å². The average Bonchev–Trinajstić information content (AvgIpc) is 2.30. The zero-order valence-corrected chi connectivity index (χ0v) is 14.1. The van der Waals surface area contributed by atoms with Gasteiger partial charge in [0.15, 0.2) is 0 Å². The van der Waals surface area contributed by atoms with Crippen LogP contribution in [0, 0.1) is 26.2 Å². The van der Waals surface area contributed by atoms with Crippen LogP contribution in [-0.2, 0) is 0 Å². The summed E-state index contributed by atoms with van der Waals surface area (Å²) < 4.78 is 0.